The third-order valence-electron chi connectivity index (χ3n) is 3.96. The number of piperazine rings is 1. The molecule has 8 nitrogen and oxygen atoms in total. The van der Waals surface area contributed by atoms with Crippen molar-refractivity contribution >= 4 is 35.2 Å². The summed E-state index contributed by atoms with van der Waals surface area (Å²) in [5, 5.41) is 5.21. The number of aromatic nitrogens is 4. The molecule has 1 aliphatic rings. The summed E-state index contributed by atoms with van der Waals surface area (Å²) < 4.78 is 1.75. The van der Waals surface area contributed by atoms with Gasteiger partial charge in [-0.3, -0.25) is 9.48 Å². The molecular weight excluding hydrogens is 318 g/mol. The third-order valence-corrected chi connectivity index (χ3v) is 3.96. The van der Waals surface area contributed by atoms with Crippen molar-refractivity contribution in [2.45, 2.75) is 19.9 Å². The van der Waals surface area contributed by atoms with Crippen LogP contribution in [0.5, 0.6) is 0 Å². The Morgan fingerprint density at radius 1 is 1.26 bits per heavy atom. The summed E-state index contributed by atoms with van der Waals surface area (Å²) in [5.41, 5.74) is 6.50. The molecule has 0 spiro atoms. The minimum atomic E-state index is -0.446. The van der Waals surface area contributed by atoms with Crippen molar-refractivity contribution in [2.75, 3.05) is 31.1 Å². The number of amides is 1. The van der Waals surface area contributed by atoms with Gasteiger partial charge in [-0.25, -0.2) is 9.97 Å². The maximum atomic E-state index is 12.0. The number of nitrogens with two attached hydrogens (primary N) is 1. The van der Waals surface area contributed by atoms with Gasteiger partial charge in [-0.2, -0.15) is 5.10 Å². The Morgan fingerprint density at radius 2 is 1.91 bits per heavy atom. The second kappa shape index (κ2) is 6.67. The van der Waals surface area contributed by atoms with Crippen molar-refractivity contribution in [3.8, 4) is 0 Å². The number of hydrogen-bond donors (Lipinski definition) is 1. The van der Waals surface area contributed by atoms with Gasteiger partial charge >= 0.3 is 0 Å². The third kappa shape index (κ3) is 3.23. The van der Waals surface area contributed by atoms with E-state index in [1.54, 1.807) is 17.8 Å². The van der Waals surface area contributed by atoms with Gasteiger partial charge in [0.25, 0.3) is 0 Å². The van der Waals surface area contributed by atoms with Crippen molar-refractivity contribution in [1.29, 1.82) is 0 Å². The number of rotatable bonds is 2. The molecule has 0 aromatic carbocycles. The molecule has 1 saturated heterocycles. The molecule has 0 bridgehead atoms. The number of carbonyl (C=O) groups is 1. The first-order chi connectivity index (χ1) is 10.5. The number of anilines is 1. The van der Waals surface area contributed by atoms with E-state index in [0.717, 1.165) is 35.8 Å². The Morgan fingerprint density at radius 3 is 2.52 bits per heavy atom. The zero-order chi connectivity index (χ0) is 15.9. The van der Waals surface area contributed by atoms with Crippen LogP contribution in [0.3, 0.4) is 0 Å². The summed E-state index contributed by atoms with van der Waals surface area (Å²) >= 11 is 0. The highest BCUT2D eigenvalue weighted by Gasteiger charge is 2.25. The Hall–Kier alpha value is -1.93. The van der Waals surface area contributed by atoms with Gasteiger partial charge in [-0.15, -0.1) is 12.4 Å². The Balaban J connectivity index is 0.00000192. The van der Waals surface area contributed by atoms with Crippen molar-refractivity contribution in [3.63, 3.8) is 0 Å². The van der Waals surface area contributed by atoms with Crippen LogP contribution in [0, 0.1) is 6.92 Å². The van der Waals surface area contributed by atoms with Gasteiger partial charge in [0.2, 0.25) is 5.91 Å². The predicted octanol–water partition coefficient (Wildman–Crippen LogP) is 0.0893. The normalized spacial score (nSPS) is 16.3. The Bertz CT molecular complexity index is 706. The molecule has 1 fully saturated rings. The molecule has 1 unspecified atom stereocenters. The number of carbonyl (C=O) groups excluding carboxylic acids is 1. The number of fused-ring (bicyclic) bond motifs is 1. The molecule has 23 heavy (non-hydrogen) atoms. The van der Waals surface area contributed by atoms with E-state index in [2.05, 4.69) is 20.0 Å². The van der Waals surface area contributed by atoms with Crippen LogP contribution in [0.4, 0.5) is 5.82 Å². The molecule has 0 radical (unpaired) electrons. The first kappa shape index (κ1) is 17.4. The fourth-order valence-corrected chi connectivity index (χ4v) is 2.78. The van der Waals surface area contributed by atoms with Crippen LogP contribution in [-0.4, -0.2) is 62.8 Å². The van der Waals surface area contributed by atoms with E-state index in [0.29, 0.717) is 13.1 Å². The molecule has 1 amide bonds. The lowest BCUT2D eigenvalue weighted by atomic mass is 10.2. The van der Waals surface area contributed by atoms with E-state index in [4.69, 9.17) is 5.73 Å². The SMILES string of the molecule is Cc1nc(N2CCN(C(=O)C(C)N)CC2)c2cnn(C)c2n1.Cl. The summed E-state index contributed by atoms with van der Waals surface area (Å²) in [6.07, 6.45) is 1.80. The van der Waals surface area contributed by atoms with Crippen LogP contribution in [0.25, 0.3) is 11.0 Å². The van der Waals surface area contributed by atoms with E-state index in [-0.39, 0.29) is 18.3 Å². The lowest BCUT2D eigenvalue weighted by molar-refractivity contribution is -0.132. The highest BCUT2D eigenvalue weighted by Crippen LogP contribution is 2.24. The van der Waals surface area contributed by atoms with E-state index < -0.39 is 6.04 Å². The second-order valence-corrected chi connectivity index (χ2v) is 5.70. The molecule has 1 atom stereocenters. The maximum absolute atomic E-state index is 12.0. The number of hydrogen-bond acceptors (Lipinski definition) is 6. The smallest absolute Gasteiger partial charge is 0.239 e. The van der Waals surface area contributed by atoms with Gasteiger partial charge in [0.05, 0.1) is 17.6 Å². The fraction of sp³-hybridized carbons (Fsp3) is 0.571. The monoisotopic (exact) mass is 339 g/mol. The van der Waals surface area contributed by atoms with Crippen LogP contribution in [0.15, 0.2) is 6.20 Å². The van der Waals surface area contributed by atoms with Crippen molar-refractivity contribution in [2.24, 2.45) is 12.8 Å². The van der Waals surface area contributed by atoms with E-state index >= 15 is 0 Å². The quantitative estimate of drug-likeness (QED) is 0.833. The van der Waals surface area contributed by atoms with Gasteiger partial charge in [0.1, 0.15) is 11.6 Å². The van der Waals surface area contributed by atoms with E-state index in [9.17, 15) is 4.79 Å². The van der Waals surface area contributed by atoms with Gasteiger partial charge in [0.15, 0.2) is 5.65 Å². The average Bonchev–Trinajstić information content (AvgIpc) is 2.87. The molecule has 2 aromatic rings. The van der Waals surface area contributed by atoms with Crippen molar-refractivity contribution in [3.05, 3.63) is 12.0 Å². The van der Waals surface area contributed by atoms with Gasteiger partial charge in [-0.05, 0) is 13.8 Å². The molecule has 3 rings (SSSR count). The second-order valence-electron chi connectivity index (χ2n) is 5.70. The summed E-state index contributed by atoms with van der Waals surface area (Å²) in [6.45, 7) is 6.39. The number of halogens is 1. The van der Waals surface area contributed by atoms with Crippen LogP contribution < -0.4 is 10.6 Å². The lowest BCUT2D eigenvalue weighted by Crippen LogP contribution is -2.52. The van der Waals surface area contributed by atoms with Crippen LogP contribution in [-0.2, 0) is 11.8 Å². The average molecular weight is 340 g/mol. The molecule has 9 heteroatoms. The molecule has 1 aliphatic heterocycles. The standard InChI is InChI=1S/C14H21N7O.ClH/c1-9(15)14(22)21-6-4-20(5-7-21)13-11-8-16-19(3)12(11)17-10(2)18-13;/h8-9H,4-7,15H2,1-3H3;1H. The van der Waals surface area contributed by atoms with Crippen LogP contribution >= 0.6 is 12.4 Å². The maximum Gasteiger partial charge on any atom is 0.239 e. The molecule has 2 aromatic heterocycles. The van der Waals surface area contributed by atoms with Crippen molar-refractivity contribution in [1.82, 2.24) is 24.6 Å². The first-order valence-electron chi connectivity index (χ1n) is 7.43. The van der Waals surface area contributed by atoms with E-state index in [1.807, 2.05) is 18.9 Å². The molecule has 0 aliphatic carbocycles. The minimum absolute atomic E-state index is 0. The van der Waals surface area contributed by atoms with Crippen LogP contribution in [0.1, 0.15) is 12.7 Å². The number of aryl methyl sites for hydroxylation is 2. The zero-order valence-corrected chi connectivity index (χ0v) is 14.4. The minimum Gasteiger partial charge on any atom is -0.352 e. The lowest BCUT2D eigenvalue weighted by Gasteiger charge is -2.36. The molecule has 3 heterocycles. The topological polar surface area (TPSA) is 93.2 Å². The highest BCUT2D eigenvalue weighted by molar-refractivity contribution is 5.87. The molecule has 126 valence electrons. The molecule has 2 N–H and O–H groups in total. The van der Waals surface area contributed by atoms with E-state index in [1.165, 1.54) is 0 Å². The molecule has 0 saturated carbocycles. The first-order valence-corrected chi connectivity index (χ1v) is 7.43. The predicted molar refractivity (Wildman–Crippen MR) is 90.7 cm³/mol. The largest absolute Gasteiger partial charge is 0.352 e. The van der Waals surface area contributed by atoms with Gasteiger partial charge in [0, 0.05) is 33.2 Å². The van der Waals surface area contributed by atoms with Crippen LogP contribution in [0.2, 0.25) is 0 Å². The van der Waals surface area contributed by atoms with Gasteiger partial charge < -0.3 is 15.5 Å². The zero-order valence-electron chi connectivity index (χ0n) is 13.6. The van der Waals surface area contributed by atoms with Gasteiger partial charge in [-0.1, -0.05) is 0 Å². The summed E-state index contributed by atoms with van der Waals surface area (Å²) in [5.74, 6) is 1.62. The highest BCUT2D eigenvalue weighted by atomic mass is 35.5. The number of nitrogens with zero attached hydrogens (tertiary/aromatic N) is 6. The Labute approximate surface area is 141 Å². The fourth-order valence-electron chi connectivity index (χ4n) is 2.78. The summed E-state index contributed by atoms with van der Waals surface area (Å²) in [4.78, 5) is 25.0. The summed E-state index contributed by atoms with van der Waals surface area (Å²) in [6, 6.07) is -0.446. The summed E-state index contributed by atoms with van der Waals surface area (Å²) in [7, 11) is 1.87. The van der Waals surface area contributed by atoms with Crippen molar-refractivity contribution < 1.29 is 4.79 Å². The Kier molecular flexibility index (Phi) is 5.06. The molecular formula is C14H22ClN7O.